The van der Waals surface area contributed by atoms with Crippen LogP contribution in [0.4, 0.5) is 5.82 Å². The number of hydrogen-bond acceptors (Lipinski definition) is 6. The number of hydrogen-bond donors (Lipinski definition) is 1. The van der Waals surface area contributed by atoms with E-state index in [1.807, 2.05) is 18.6 Å². The molecule has 0 bridgehead atoms. The van der Waals surface area contributed by atoms with Crippen LogP contribution in [0.2, 0.25) is 5.15 Å². The Morgan fingerprint density at radius 3 is 2.94 bits per heavy atom. The lowest BCUT2D eigenvalue weighted by molar-refractivity contribution is 0.845. The van der Waals surface area contributed by atoms with Crippen molar-refractivity contribution in [3.63, 3.8) is 0 Å². The molecule has 0 amide bonds. The molecule has 0 aromatic carbocycles. The standard InChI is InChI=1S/C10H11ClN4S2/c1-6(9-12-3-4-17-9)13-8-5-7(11)14-10(15-8)16-2/h3-6H,1-2H3,(H,13,14,15). The van der Waals surface area contributed by atoms with Crippen molar-refractivity contribution in [1.82, 2.24) is 15.0 Å². The van der Waals surface area contributed by atoms with Gasteiger partial charge in [0.05, 0.1) is 6.04 Å². The number of thioether (sulfide) groups is 1. The minimum atomic E-state index is 0.107. The molecule has 4 nitrogen and oxygen atoms in total. The lowest BCUT2D eigenvalue weighted by atomic mass is 10.3. The summed E-state index contributed by atoms with van der Waals surface area (Å²) in [7, 11) is 0. The molecule has 2 aromatic heterocycles. The van der Waals surface area contributed by atoms with Gasteiger partial charge in [0.25, 0.3) is 0 Å². The second kappa shape index (κ2) is 5.66. The molecular weight excluding hydrogens is 276 g/mol. The van der Waals surface area contributed by atoms with E-state index < -0.39 is 0 Å². The van der Waals surface area contributed by atoms with Gasteiger partial charge >= 0.3 is 0 Å². The predicted octanol–water partition coefficient (Wildman–Crippen LogP) is 3.48. The minimum absolute atomic E-state index is 0.107. The Hall–Kier alpha value is -0.850. The van der Waals surface area contributed by atoms with Gasteiger partial charge in [0.2, 0.25) is 0 Å². The Kier molecular flexibility index (Phi) is 4.20. The zero-order valence-electron chi connectivity index (χ0n) is 9.35. The fraction of sp³-hybridized carbons (Fsp3) is 0.300. The third kappa shape index (κ3) is 3.31. The highest BCUT2D eigenvalue weighted by Gasteiger charge is 2.10. The number of aromatic nitrogens is 3. The normalized spacial score (nSPS) is 12.4. The Morgan fingerprint density at radius 1 is 1.47 bits per heavy atom. The molecule has 2 heterocycles. The topological polar surface area (TPSA) is 50.7 Å². The molecule has 2 rings (SSSR count). The van der Waals surface area contributed by atoms with E-state index in [2.05, 4.69) is 20.3 Å². The number of anilines is 1. The van der Waals surface area contributed by atoms with Crippen LogP contribution in [0.1, 0.15) is 18.0 Å². The fourth-order valence-electron chi connectivity index (χ4n) is 1.29. The third-order valence-electron chi connectivity index (χ3n) is 2.04. The van der Waals surface area contributed by atoms with Crippen molar-refractivity contribution in [2.24, 2.45) is 0 Å². The quantitative estimate of drug-likeness (QED) is 0.530. The van der Waals surface area contributed by atoms with Crippen molar-refractivity contribution >= 4 is 40.5 Å². The van der Waals surface area contributed by atoms with Crippen molar-refractivity contribution in [2.45, 2.75) is 18.1 Å². The summed E-state index contributed by atoms with van der Waals surface area (Å²) in [6.07, 6.45) is 3.71. The van der Waals surface area contributed by atoms with Gasteiger partial charge < -0.3 is 5.32 Å². The van der Waals surface area contributed by atoms with Gasteiger partial charge in [0, 0.05) is 17.6 Å². The highest BCUT2D eigenvalue weighted by atomic mass is 35.5. The number of thiazole rings is 1. The molecule has 1 unspecified atom stereocenters. The maximum absolute atomic E-state index is 5.92. The average molecular weight is 287 g/mol. The first-order valence-electron chi connectivity index (χ1n) is 4.93. The summed E-state index contributed by atoms with van der Waals surface area (Å²) in [6, 6.07) is 1.82. The molecule has 1 atom stereocenters. The Labute approximate surface area is 113 Å². The molecule has 0 saturated heterocycles. The monoisotopic (exact) mass is 286 g/mol. The molecule has 0 fully saturated rings. The maximum Gasteiger partial charge on any atom is 0.190 e. The molecule has 0 spiro atoms. The van der Waals surface area contributed by atoms with Gasteiger partial charge in [-0.05, 0) is 13.2 Å². The largest absolute Gasteiger partial charge is 0.361 e. The van der Waals surface area contributed by atoms with Crippen LogP contribution >= 0.6 is 34.7 Å². The minimum Gasteiger partial charge on any atom is -0.361 e. The van der Waals surface area contributed by atoms with E-state index in [4.69, 9.17) is 11.6 Å². The molecular formula is C10H11ClN4S2. The first-order valence-corrected chi connectivity index (χ1v) is 7.42. The molecule has 0 aliphatic rings. The highest BCUT2D eigenvalue weighted by molar-refractivity contribution is 7.98. The van der Waals surface area contributed by atoms with Crippen molar-refractivity contribution in [1.29, 1.82) is 0 Å². The molecule has 1 N–H and O–H groups in total. The van der Waals surface area contributed by atoms with E-state index in [0.29, 0.717) is 10.3 Å². The zero-order valence-corrected chi connectivity index (χ0v) is 11.7. The van der Waals surface area contributed by atoms with E-state index >= 15 is 0 Å². The summed E-state index contributed by atoms with van der Waals surface area (Å²) in [4.78, 5) is 12.7. The van der Waals surface area contributed by atoms with Crippen molar-refractivity contribution in [3.05, 3.63) is 27.8 Å². The summed E-state index contributed by atoms with van der Waals surface area (Å²) in [5, 5.41) is 7.33. The summed E-state index contributed by atoms with van der Waals surface area (Å²) < 4.78 is 0. The lowest BCUT2D eigenvalue weighted by Crippen LogP contribution is -2.08. The van der Waals surface area contributed by atoms with Gasteiger partial charge in [0.1, 0.15) is 16.0 Å². The van der Waals surface area contributed by atoms with Crippen LogP contribution < -0.4 is 5.32 Å². The van der Waals surface area contributed by atoms with E-state index in [0.717, 1.165) is 10.8 Å². The van der Waals surface area contributed by atoms with Gasteiger partial charge in [-0.1, -0.05) is 23.4 Å². The number of rotatable bonds is 4. The van der Waals surface area contributed by atoms with Gasteiger partial charge in [0.15, 0.2) is 5.16 Å². The van der Waals surface area contributed by atoms with Gasteiger partial charge in [-0.15, -0.1) is 11.3 Å². The van der Waals surface area contributed by atoms with E-state index in [-0.39, 0.29) is 6.04 Å². The average Bonchev–Trinajstić information content (AvgIpc) is 2.81. The van der Waals surface area contributed by atoms with Crippen LogP contribution in [-0.2, 0) is 0 Å². The summed E-state index contributed by atoms with van der Waals surface area (Å²) >= 11 is 8.99. The molecule has 0 radical (unpaired) electrons. The SMILES string of the molecule is CSc1nc(Cl)cc(NC(C)c2nccs2)n1. The number of halogens is 1. The number of nitrogens with one attached hydrogen (secondary N) is 1. The molecule has 7 heteroatoms. The Morgan fingerprint density at radius 2 is 2.29 bits per heavy atom. The van der Waals surface area contributed by atoms with Gasteiger partial charge in [-0.3, -0.25) is 0 Å². The Balaban J connectivity index is 2.15. The van der Waals surface area contributed by atoms with Crippen LogP contribution in [0, 0.1) is 0 Å². The zero-order chi connectivity index (χ0) is 12.3. The smallest absolute Gasteiger partial charge is 0.190 e. The van der Waals surface area contributed by atoms with Gasteiger partial charge in [-0.25, -0.2) is 15.0 Å². The first-order chi connectivity index (χ1) is 8.19. The highest BCUT2D eigenvalue weighted by Crippen LogP contribution is 2.22. The van der Waals surface area contributed by atoms with E-state index in [9.17, 15) is 0 Å². The maximum atomic E-state index is 5.92. The molecule has 0 aliphatic heterocycles. The molecule has 0 saturated carbocycles. The second-order valence-electron chi connectivity index (χ2n) is 3.30. The van der Waals surface area contributed by atoms with Crippen molar-refractivity contribution in [2.75, 3.05) is 11.6 Å². The lowest BCUT2D eigenvalue weighted by Gasteiger charge is -2.12. The van der Waals surface area contributed by atoms with Crippen LogP contribution in [-0.4, -0.2) is 21.2 Å². The van der Waals surface area contributed by atoms with E-state index in [1.165, 1.54) is 11.8 Å². The van der Waals surface area contributed by atoms with Crippen molar-refractivity contribution < 1.29 is 0 Å². The molecule has 0 aliphatic carbocycles. The second-order valence-corrected chi connectivity index (χ2v) is 5.39. The first kappa shape index (κ1) is 12.6. The molecule has 17 heavy (non-hydrogen) atoms. The van der Waals surface area contributed by atoms with Gasteiger partial charge in [-0.2, -0.15) is 0 Å². The van der Waals surface area contributed by atoms with Crippen LogP contribution in [0.5, 0.6) is 0 Å². The Bertz CT molecular complexity index is 489. The third-order valence-corrected chi connectivity index (χ3v) is 3.74. The fourth-order valence-corrected chi connectivity index (χ4v) is 2.55. The summed E-state index contributed by atoms with van der Waals surface area (Å²) in [5.74, 6) is 0.719. The predicted molar refractivity (Wildman–Crippen MR) is 73.0 cm³/mol. The molecule has 90 valence electrons. The van der Waals surface area contributed by atoms with E-state index in [1.54, 1.807) is 23.6 Å². The summed E-state index contributed by atoms with van der Waals surface area (Å²) in [6.45, 7) is 2.04. The van der Waals surface area contributed by atoms with Crippen LogP contribution in [0.3, 0.4) is 0 Å². The van der Waals surface area contributed by atoms with Crippen LogP contribution in [0.25, 0.3) is 0 Å². The molecule has 2 aromatic rings. The summed E-state index contributed by atoms with van der Waals surface area (Å²) in [5.41, 5.74) is 0. The van der Waals surface area contributed by atoms with Crippen LogP contribution in [0.15, 0.2) is 22.8 Å². The van der Waals surface area contributed by atoms with Crippen molar-refractivity contribution in [3.8, 4) is 0 Å². The number of nitrogens with zero attached hydrogens (tertiary/aromatic N) is 3.